The van der Waals surface area contributed by atoms with Gasteiger partial charge in [0.1, 0.15) is 6.54 Å². The van der Waals surface area contributed by atoms with Gasteiger partial charge in [-0.25, -0.2) is 0 Å². The van der Waals surface area contributed by atoms with Gasteiger partial charge in [-0.3, -0.25) is 4.79 Å². The molecule has 0 bridgehead atoms. The van der Waals surface area contributed by atoms with Gasteiger partial charge in [0.05, 0.1) is 5.39 Å². The lowest BCUT2D eigenvalue weighted by molar-refractivity contribution is -0.700. The maximum absolute atomic E-state index is 11.9. The van der Waals surface area contributed by atoms with Crippen LogP contribution in [0.2, 0.25) is 0 Å². The van der Waals surface area contributed by atoms with Gasteiger partial charge in [-0.1, -0.05) is 18.2 Å². The van der Waals surface area contributed by atoms with Crippen LogP contribution < -0.4 is 4.57 Å². The SMILES string of the molecule is O=C1CCC[n+]2ccc3ccccc3c21. The molecule has 2 nitrogen and oxygen atoms in total. The molecule has 0 saturated carbocycles. The fourth-order valence-electron chi connectivity index (χ4n) is 2.28. The number of hydrogen-bond donors (Lipinski definition) is 0. The number of aromatic nitrogens is 1. The summed E-state index contributed by atoms with van der Waals surface area (Å²) in [6.07, 6.45) is 3.68. The fourth-order valence-corrected chi connectivity index (χ4v) is 2.28. The van der Waals surface area contributed by atoms with Gasteiger partial charge >= 0.3 is 0 Å². The fraction of sp³-hybridized carbons (Fsp3) is 0.231. The molecule has 1 aliphatic rings. The molecular formula is C13H12NO+. The summed E-state index contributed by atoms with van der Waals surface area (Å²) in [6, 6.07) is 10.2. The number of carbonyl (C=O) groups is 1. The van der Waals surface area contributed by atoms with Crippen molar-refractivity contribution in [1.82, 2.24) is 0 Å². The predicted molar refractivity (Wildman–Crippen MR) is 57.7 cm³/mol. The van der Waals surface area contributed by atoms with Gasteiger partial charge in [-0.05, 0) is 11.5 Å². The number of rotatable bonds is 0. The molecule has 1 aliphatic heterocycles. The highest BCUT2D eigenvalue weighted by Gasteiger charge is 2.26. The van der Waals surface area contributed by atoms with Gasteiger partial charge in [-0.2, -0.15) is 4.57 Å². The average molecular weight is 198 g/mol. The Hall–Kier alpha value is -1.70. The van der Waals surface area contributed by atoms with E-state index in [0.717, 1.165) is 29.4 Å². The van der Waals surface area contributed by atoms with E-state index in [0.29, 0.717) is 6.42 Å². The van der Waals surface area contributed by atoms with Crippen molar-refractivity contribution in [2.24, 2.45) is 0 Å². The largest absolute Gasteiger partial charge is 0.287 e. The molecule has 3 rings (SSSR count). The number of hydrogen-bond acceptors (Lipinski definition) is 1. The van der Waals surface area contributed by atoms with Crippen LogP contribution in [0.5, 0.6) is 0 Å². The first-order valence-corrected chi connectivity index (χ1v) is 5.31. The van der Waals surface area contributed by atoms with Crippen molar-refractivity contribution in [3.05, 3.63) is 42.2 Å². The third-order valence-corrected chi connectivity index (χ3v) is 3.00. The average Bonchev–Trinajstić information content (AvgIpc) is 2.29. The van der Waals surface area contributed by atoms with E-state index >= 15 is 0 Å². The van der Waals surface area contributed by atoms with Crippen molar-refractivity contribution in [1.29, 1.82) is 0 Å². The molecule has 0 atom stereocenters. The molecule has 0 spiro atoms. The van der Waals surface area contributed by atoms with Crippen molar-refractivity contribution < 1.29 is 9.36 Å². The van der Waals surface area contributed by atoms with E-state index in [1.54, 1.807) is 0 Å². The highest BCUT2D eigenvalue weighted by Crippen LogP contribution is 2.19. The van der Waals surface area contributed by atoms with Crippen LogP contribution in [0.1, 0.15) is 23.3 Å². The molecule has 0 N–H and O–H groups in total. The van der Waals surface area contributed by atoms with Crippen LogP contribution in [0.3, 0.4) is 0 Å². The van der Waals surface area contributed by atoms with E-state index in [1.165, 1.54) is 0 Å². The van der Waals surface area contributed by atoms with Crippen LogP contribution in [-0.2, 0) is 6.54 Å². The quantitative estimate of drug-likeness (QED) is 0.594. The smallest absolute Gasteiger partial charge is 0.256 e. The van der Waals surface area contributed by atoms with Crippen LogP contribution in [0.4, 0.5) is 0 Å². The summed E-state index contributed by atoms with van der Waals surface area (Å²) >= 11 is 0. The molecule has 0 radical (unpaired) electrons. The van der Waals surface area contributed by atoms with Crippen LogP contribution in [0.25, 0.3) is 10.8 Å². The van der Waals surface area contributed by atoms with Gasteiger partial charge in [0.15, 0.2) is 6.20 Å². The van der Waals surface area contributed by atoms with Crippen LogP contribution in [0, 0.1) is 0 Å². The van der Waals surface area contributed by atoms with Gasteiger partial charge in [-0.15, -0.1) is 0 Å². The molecule has 0 saturated heterocycles. The minimum Gasteiger partial charge on any atom is -0.287 e. The first-order chi connectivity index (χ1) is 7.36. The molecular weight excluding hydrogens is 186 g/mol. The summed E-state index contributed by atoms with van der Waals surface area (Å²) in [5, 5.41) is 2.24. The highest BCUT2D eigenvalue weighted by atomic mass is 16.1. The zero-order valence-electron chi connectivity index (χ0n) is 8.44. The minimum atomic E-state index is 0.276. The molecule has 2 heterocycles. The summed E-state index contributed by atoms with van der Waals surface area (Å²) in [5.41, 5.74) is 0.888. The Morgan fingerprint density at radius 1 is 1.13 bits per heavy atom. The first kappa shape index (κ1) is 8.60. The Labute approximate surface area is 88.2 Å². The second-order valence-electron chi connectivity index (χ2n) is 3.97. The molecule has 74 valence electrons. The molecule has 1 aromatic carbocycles. The van der Waals surface area contributed by atoms with E-state index < -0.39 is 0 Å². The Morgan fingerprint density at radius 2 is 2.00 bits per heavy atom. The lowest BCUT2D eigenvalue weighted by Crippen LogP contribution is -2.43. The zero-order chi connectivity index (χ0) is 10.3. The number of Topliss-reactive ketones (excluding diaryl/α,β-unsaturated/α-hetero) is 1. The summed E-state index contributed by atoms with van der Waals surface area (Å²) in [7, 11) is 0. The Balaban J connectivity index is 2.40. The van der Waals surface area contributed by atoms with Crippen molar-refractivity contribution >= 4 is 16.6 Å². The van der Waals surface area contributed by atoms with Crippen molar-refractivity contribution in [2.45, 2.75) is 19.4 Å². The van der Waals surface area contributed by atoms with Crippen LogP contribution in [-0.4, -0.2) is 5.78 Å². The maximum atomic E-state index is 11.9. The van der Waals surface area contributed by atoms with Crippen LogP contribution in [0.15, 0.2) is 36.5 Å². The third-order valence-electron chi connectivity index (χ3n) is 3.00. The summed E-state index contributed by atoms with van der Waals surface area (Å²) < 4.78 is 2.08. The van der Waals surface area contributed by atoms with E-state index in [9.17, 15) is 4.79 Å². The molecule has 0 amide bonds. The molecule has 2 aromatic rings. The topological polar surface area (TPSA) is 20.9 Å². The predicted octanol–water partition coefficient (Wildman–Crippen LogP) is 2.10. The van der Waals surface area contributed by atoms with E-state index in [-0.39, 0.29) is 5.78 Å². The summed E-state index contributed by atoms with van der Waals surface area (Å²) in [6.45, 7) is 0.964. The number of aryl methyl sites for hydroxylation is 1. The zero-order valence-corrected chi connectivity index (χ0v) is 8.44. The van der Waals surface area contributed by atoms with Gasteiger partial charge in [0.25, 0.3) is 5.69 Å². The molecule has 15 heavy (non-hydrogen) atoms. The number of pyridine rings is 1. The maximum Gasteiger partial charge on any atom is 0.256 e. The minimum absolute atomic E-state index is 0.276. The third kappa shape index (κ3) is 1.25. The molecule has 2 heteroatoms. The normalized spacial score (nSPS) is 15.3. The second kappa shape index (κ2) is 3.16. The van der Waals surface area contributed by atoms with Gasteiger partial charge in [0.2, 0.25) is 5.78 Å². The Morgan fingerprint density at radius 3 is 2.93 bits per heavy atom. The van der Waals surface area contributed by atoms with E-state index in [1.807, 2.05) is 24.4 Å². The first-order valence-electron chi connectivity index (χ1n) is 5.31. The van der Waals surface area contributed by atoms with Crippen molar-refractivity contribution in [2.75, 3.05) is 0 Å². The van der Waals surface area contributed by atoms with E-state index in [4.69, 9.17) is 0 Å². The molecule has 1 aromatic heterocycles. The lowest BCUT2D eigenvalue weighted by Gasteiger charge is -2.10. The summed E-state index contributed by atoms with van der Waals surface area (Å²) in [5.74, 6) is 0.276. The van der Waals surface area contributed by atoms with Crippen molar-refractivity contribution in [3.63, 3.8) is 0 Å². The van der Waals surface area contributed by atoms with Gasteiger partial charge in [0, 0.05) is 18.9 Å². The van der Waals surface area contributed by atoms with Gasteiger partial charge < -0.3 is 0 Å². The summed E-state index contributed by atoms with van der Waals surface area (Å²) in [4.78, 5) is 11.9. The van der Waals surface area contributed by atoms with Crippen molar-refractivity contribution in [3.8, 4) is 0 Å². The highest BCUT2D eigenvalue weighted by molar-refractivity contribution is 6.05. The Bertz CT molecular complexity index is 545. The molecule has 0 fully saturated rings. The molecule has 0 aliphatic carbocycles. The lowest BCUT2D eigenvalue weighted by atomic mass is 10.0. The standard InChI is InChI=1S/C13H12NO/c15-12-6-3-8-14-9-7-10-4-1-2-5-11(10)13(12)14/h1-2,4-5,7,9H,3,6,8H2/q+1. The number of ketones is 1. The van der Waals surface area contributed by atoms with Crippen LogP contribution >= 0.6 is 0 Å². The number of fused-ring (bicyclic) bond motifs is 3. The molecule has 0 unspecified atom stereocenters. The Kier molecular flexibility index (Phi) is 1.81. The number of benzene rings is 1. The van der Waals surface area contributed by atoms with E-state index in [2.05, 4.69) is 16.7 Å². The number of nitrogens with zero attached hydrogens (tertiary/aromatic N) is 1. The second-order valence-corrected chi connectivity index (χ2v) is 3.97. The number of carbonyl (C=O) groups excluding carboxylic acids is 1. The monoisotopic (exact) mass is 198 g/mol.